The molecule has 1 fully saturated rings. The van der Waals surface area contributed by atoms with Crippen molar-refractivity contribution in [1.29, 1.82) is 0 Å². The number of carbonyl (C=O) groups excluding carboxylic acids is 2. The molecule has 0 atom stereocenters. The SMILES string of the molecule is COC(=O)/C=C/CNC(=O)C1(c2cccc(Cl)c2)CC1. The van der Waals surface area contributed by atoms with Gasteiger partial charge < -0.3 is 10.1 Å². The maximum atomic E-state index is 12.2. The van der Waals surface area contributed by atoms with Crippen molar-refractivity contribution < 1.29 is 14.3 Å². The molecular formula is C15H16ClNO3. The summed E-state index contributed by atoms with van der Waals surface area (Å²) in [7, 11) is 1.31. The van der Waals surface area contributed by atoms with E-state index < -0.39 is 11.4 Å². The Balaban J connectivity index is 1.96. The molecule has 0 radical (unpaired) electrons. The quantitative estimate of drug-likeness (QED) is 0.669. The van der Waals surface area contributed by atoms with E-state index in [1.165, 1.54) is 13.2 Å². The molecule has 0 spiro atoms. The van der Waals surface area contributed by atoms with Gasteiger partial charge in [-0.15, -0.1) is 0 Å². The molecule has 5 heteroatoms. The third kappa shape index (κ3) is 3.20. The van der Waals surface area contributed by atoms with E-state index in [9.17, 15) is 9.59 Å². The van der Waals surface area contributed by atoms with Crippen molar-refractivity contribution >= 4 is 23.5 Å². The van der Waals surface area contributed by atoms with E-state index in [2.05, 4.69) is 10.1 Å². The van der Waals surface area contributed by atoms with Crippen LogP contribution in [-0.2, 0) is 19.7 Å². The van der Waals surface area contributed by atoms with Crippen LogP contribution in [0.15, 0.2) is 36.4 Å². The van der Waals surface area contributed by atoms with Crippen LogP contribution in [-0.4, -0.2) is 25.5 Å². The van der Waals surface area contributed by atoms with Crippen LogP contribution >= 0.6 is 11.6 Å². The number of benzene rings is 1. The van der Waals surface area contributed by atoms with Gasteiger partial charge in [0.25, 0.3) is 0 Å². The normalized spacial score (nSPS) is 15.9. The number of methoxy groups -OCH3 is 1. The van der Waals surface area contributed by atoms with E-state index >= 15 is 0 Å². The van der Waals surface area contributed by atoms with Gasteiger partial charge in [0.1, 0.15) is 0 Å². The zero-order chi connectivity index (χ0) is 14.6. The van der Waals surface area contributed by atoms with E-state index in [0.717, 1.165) is 18.4 Å². The van der Waals surface area contributed by atoms with Crippen molar-refractivity contribution in [3.05, 3.63) is 47.0 Å². The monoisotopic (exact) mass is 293 g/mol. The predicted octanol–water partition coefficient (Wildman–Crippen LogP) is 2.22. The third-order valence-electron chi connectivity index (χ3n) is 3.40. The second kappa shape index (κ2) is 6.09. The van der Waals surface area contributed by atoms with Crippen molar-refractivity contribution in [1.82, 2.24) is 5.32 Å². The summed E-state index contributed by atoms with van der Waals surface area (Å²) in [4.78, 5) is 23.1. The molecule has 2 rings (SSSR count). The van der Waals surface area contributed by atoms with Crippen molar-refractivity contribution in [3.8, 4) is 0 Å². The smallest absolute Gasteiger partial charge is 0.330 e. The molecule has 4 nitrogen and oxygen atoms in total. The van der Waals surface area contributed by atoms with Gasteiger partial charge in [-0.25, -0.2) is 4.79 Å². The third-order valence-corrected chi connectivity index (χ3v) is 3.63. The molecular weight excluding hydrogens is 278 g/mol. The molecule has 106 valence electrons. The molecule has 0 aromatic heterocycles. The minimum absolute atomic E-state index is 0.0331. The van der Waals surface area contributed by atoms with Gasteiger partial charge in [-0.05, 0) is 30.5 Å². The van der Waals surface area contributed by atoms with Gasteiger partial charge in [-0.2, -0.15) is 0 Å². The number of rotatable bonds is 5. The van der Waals surface area contributed by atoms with Crippen LogP contribution in [0.25, 0.3) is 0 Å². The zero-order valence-electron chi connectivity index (χ0n) is 11.2. The van der Waals surface area contributed by atoms with Gasteiger partial charge >= 0.3 is 5.97 Å². The molecule has 1 saturated carbocycles. The molecule has 0 saturated heterocycles. The fourth-order valence-electron chi connectivity index (χ4n) is 2.10. The number of esters is 1. The molecule has 1 aliphatic rings. The highest BCUT2D eigenvalue weighted by molar-refractivity contribution is 6.30. The Bertz CT molecular complexity index is 550. The fourth-order valence-corrected chi connectivity index (χ4v) is 2.29. The first-order chi connectivity index (χ1) is 9.58. The Morgan fingerprint density at radius 2 is 2.20 bits per heavy atom. The summed E-state index contributed by atoms with van der Waals surface area (Å²) in [6, 6.07) is 7.39. The van der Waals surface area contributed by atoms with Gasteiger partial charge in [0.2, 0.25) is 5.91 Å². The summed E-state index contributed by atoms with van der Waals surface area (Å²) in [5.41, 5.74) is 0.490. The number of ether oxygens (including phenoxy) is 1. The Morgan fingerprint density at radius 1 is 1.45 bits per heavy atom. The van der Waals surface area contributed by atoms with Crippen molar-refractivity contribution in [3.63, 3.8) is 0 Å². The second-order valence-corrected chi connectivity index (χ2v) is 5.16. The first kappa shape index (κ1) is 14.6. The van der Waals surface area contributed by atoms with Crippen LogP contribution in [0.4, 0.5) is 0 Å². The van der Waals surface area contributed by atoms with Crippen LogP contribution in [0.1, 0.15) is 18.4 Å². The van der Waals surface area contributed by atoms with Crippen molar-refractivity contribution in [2.24, 2.45) is 0 Å². The maximum Gasteiger partial charge on any atom is 0.330 e. The van der Waals surface area contributed by atoms with E-state index in [-0.39, 0.29) is 5.91 Å². The average molecular weight is 294 g/mol. The van der Waals surface area contributed by atoms with Gasteiger partial charge in [0.05, 0.1) is 12.5 Å². The lowest BCUT2D eigenvalue weighted by Gasteiger charge is -2.15. The lowest BCUT2D eigenvalue weighted by Crippen LogP contribution is -2.34. The maximum absolute atomic E-state index is 12.2. The first-order valence-electron chi connectivity index (χ1n) is 6.37. The molecule has 0 bridgehead atoms. The summed E-state index contributed by atoms with van der Waals surface area (Å²) in [6.07, 6.45) is 4.50. The summed E-state index contributed by atoms with van der Waals surface area (Å²) >= 11 is 5.97. The van der Waals surface area contributed by atoms with Crippen LogP contribution < -0.4 is 5.32 Å². The van der Waals surface area contributed by atoms with Crippen LogP contribution in [0.3, 0.4) is 0 Å². The van der Waals surface area contributed by atoms with E-state index in [4.69, 9.17) is 11.6 Å². The molecule has 1 aliphatic carbocycles. The van der Waals surface area contributed by atoms with Crippen molar-refractivity contribution in [2.75, 3.05) is 13.7 Å². The van der Waals surface area contributed by atoms with Crippen molar-refractivity contribution in [2.45, 2.75) is 18.3 Å². The van der Waals surface area contributed by atoms with E-state index in [1.54, 1.807) is 12.1 Å². The molecule has 1 aromatic carbocycles. The van der Waals surface area contributed by atoms with E-state index in [1.807, 2.05) is 18.2 Å². The number of amides is 1. The zero-order valence-corrected chi connectivity index (χ0v) is 11.9. The Labute approximate surface area is 122 Å². The number of halogens is 1. The molecule has 1 amide bonds. The second-order valence-electron chi connectivity index (χ2n) is 4.73. The predicted molar refractivity (Wildman–Crippen MR) is 76.5 cm³/mol. The van der Waals surface area contributed by atoms with Gasteiger partial charge in [-0.1, -0.05) is 29.8 Å². The van der Waals surface area contributed by atoms with Gasteiger partial charge in [-0.3, -0.25) is 4.79 Å². The van der Waals surface area contributed by atoms with Crippen LogP contribution in [0.5, 0.6) is 0 Å². The largest absolute Gasteiger partial charge is 0.466 e. The van der Waals surface area contributed by atoms with Crippen LogP contribution in [0.2, 0.25) is 5.02 Å². The summed E-state index contributed by atoms with van der Waals surface area (Å²) in [5.74, 6) is -0.468. The molecule has 20 heavy (non-hydrogen) atoms. The topological polar surface area (TPSA) is 55.4 Å². The summed E-state index contributed by atoms with van der Waals surface area (Å²) in [6.45, 7) is 0.302. The number of hydrogen-bond acceptors (Lipinski definition) is 3. The van der Waals surface area contributed by atoms with Gasteiger partial charge in [0, 0.05) is 17.6 Å². The molecule has 1 aromatic rings. The first-order valence-corrected chi connectivity index (χ1v) is 6.75. The minimum Gasteiger partial charge on any atom is -0.466 e. The number of carbonyl (C=O) groups is 2. The van der Waals surface area contributed by atoms with Crippen LogP contribution in [0, 0.1) is 0 Å². The lowest BCUT2D eigenvalue weighted by atomic mass is 9.95. The number of nitrogens with one attached hydrogen (secondary N) is 1. The fraction of sp³-hybridized carbons (Fsp3) is 0.333. The van der Waals surface area contributed by atoms with Gasteiger partial charge in [0.15, 0.2) is 0 Å². The Hall–Kier alpha value is -1.81. The number of hydrogen-bond donors (Lipinski definition) is 1. The average Bonchev–Trinajstić information content (AvgIpc) is 3.24. The Kier molecular flexibility index (Phi) is 4.45. The summed E-state index contributed by atoms with van der Waals surface area (Å²) < 4.78 is 4.47. The Morgan fingerprint density at radius 3 is 2.80 bits per heavy atom. The highest BCUT2D eigenvalue weighted by Crippen LogP contribution is 2.48. The van der Waals surface area contributed by atoms with E-state index in [0.29, 0.717) is 11.6 Å². The highest BCUT2D eigenvalue weighted by atomic mass is 35.5. The molecule has 0 heterocycles. The molecule has 1 N–H and O–H groups in total. The standard InChI is InChI=1S/C15H16ClNO3/c1-20-13(18)6-3-9-17-14(19)15(7-8-15)11-4-2-5-12(16)10-11/h2-6,10H,7-9H2,1H3,(H,17,19)/b6-3+. The lowest BCUT2D eigenvalue weighted by molar-refractivity contribution is -0.134. The summed E-state index contributed by atoms with van der Waals surface area (Å²) in [5, 5.41) is 3.44. The molecule has 0 unspecified atom stereocenters. The molecule has 0 aliphatic heterocycles. The minimum atomic E-state index is -0.454. The highest BCUT2D eigenvalue weighted by Gasteiger charge is 2.51.